The Balaban J connectivity index is 4.19. The van der Waals surface area contributed by atoms with Crippen molar-refractivity contribution in [3.8, 4) is 0 Å². The third-order valence-corrected chi connectivity index (χ3v) is 3.39. The van der Waals surface area contributed by atoms with Gasteiger partial charge in [0.25, 0.3) is 0 Å². The van der Waals surface area contributed by atoms with Crippen molar-refractivity contribution < 1.29 is 23.8 Å². The maximum atomic E-state index is 11.6. The van der Waals surface area contributed by atoms with Crippen LogP contribution in [0.2, 0.25) is 0 Å². The molecule has 0 bridgehead atoms. The predicted molar refractivity (Wildman–Crippen MR) is 98.5 cm³/mol. The smallest absolute Gasteiger partial charge is 0.340 e. The molecule has 0 aromatic rings. The van der Waals surface area contributed by atoms with Crippen LogP contribution in [0.1, 0.15) is 72.1 Å². The summed E-state index contributed by atoms with van der Waals surface area (Å²) in [5.74, 6) is -1.39. The standard InChI is InChI=1S/C20H32O5/c1-6-7-8-9-10-11-12-13-14-23-18(25-20(22)17(4)5)15-24-19(21)16(2)3/h15H,2,4,6-14H2,1,3,5H3/b18-15+. The molecule has 0 aliphatic rings. The van der Waals surface area contributed by atoms with E-state index in [0.29, 0.717) is 6.61 Å². The van der Waals surface area contributed by atoms with E-state index < -0.39 is 11.9 Å². The number of hydrogen-bond donors (Lipinski definition) is 0. The molecule has 25 heavy (non-hydrogen) atoms. The van der Waals surface area contributed by atoms with Crippen molar-refractivity contribution in [3.05, 3.63) is 36.5 Å². The molecule has 0 fully saturated rings. The fourth-order valence-corrected chi connectivity index (χ4v) is 1.88. The highest BCUT2D eigenvalue weighted by molar-refractivity contribution is 5.88. The molecule has 0 saturated carbocycles. The third-order valence-electron chi connectivity index (χ3n) is 3.39. The molecule has 0 aromatic heterocycles. The molecule has 0 unspecified atom stereocenters. The monoisotopic (exact) mass is 352 g/mol. The minimum atomic E-state index is -0.631. The summed E-state index contributed by atoms with van der Waals surface area (Å²) in [5.41, 5.74) is 0.470. The van der Waals surface area contributed by atoms with E-state index in [4.69, 9.17) is 14.2 Å². The molecule has 5 nitrogen and oxygen atoms in total. The van der Waals surface area contributed by atoms with Crippen LogP contribution >= 0.6 is 0 Å². The fourth-order valence-electron chi connectivity index (χ4n) is 1.88. The number of rotatable bonds is 14. The van der Waals surface area contributed by atoms with Gasteiger partial charge in [0.15, 0.2) is 6.26 Å². The maximum absolute atomic E-state index is 11.6. The van der Waals surface area contributed by atoms with Crippen LogP contribution in [0.25, 0.3) is 0 Å². The van der Waals surface area contributed by atoms with Gasteiger partial charge in [-0.3, -0.25) is 0 Å². The molecule has 0 saturated heterocycles. The minimum Gasteiger partial charge on any atom is -0.463 e. The zero-order valence-electron chi connectivity index (χ0n) is 15.9. The van der Waals surface area contributed by atoms with Gasteiger partial charge in [0.05, 0.1) is 6.61 Å². The number of esters is 2. The Hall–Kier alpha value is -2.04. The van der Waals surface area contributed by atoms with Crippen molar-refractivity contribution in [3.63, 3.8) is 0 Å². The second kappa shape index (κ2) is 14.3. The number of hydrogen-bond acceptors (Lipinski definition) is 5. The summed E-state index contributed by atoms with van der Waals surface area (Å²) in [7, 11) is 0. The lowest BCUT2D eigenvalue weighted by atomic mass is 10.1. The molecule has 0 amide bonds. The van der Waals surface area contributed by atoms with E-state index in [-0.39, 0.29) is 17.1 Å². The molecular formula is C20H32O5. The number of carbonyl (C=O) groups is 2. The highest BCUT2D eigenvalue weighted by atomic mass is 16.7. The summed E-state index contributed by atoms with van der Waals surface area (Å²) < 4.78 is 15.3. The molecule has 0 rings (SSSR count). The Morgan fingerprint density at radius 3 is 1.88 bits per heavy atom. The molecule has 0 spiro atoms. The van der Waals surface area contributed by atoms with Crippen molar-refractivity contribution in [2.75, 3.05) is 6.61 Å². The highest BCUT2D eigenvalue weighted by Crippen LogP contribution is 2.11. The van der Waals surface area contributed by atoms with Crippen molar-refractivity contribution in [1.82, 2.24) is 0 Å². The van der Waals surface area contributed by atoms with Gasteiger partial charge in [0, 0.05) is 11.1 Å². The van der Waals surface area contributed by atoms with Gasteiger partial charge in [0.1, 0.15) is 0 Å². The van der Waals surface area contributed by atoms with E-state index in [9.17, 15) is 9.59 Å². The Labute approximate surface area is 151 Å². The van der Waals surface area contributed by atoms with Gasteiger partial charge in [-0.25, -0.2) is 9.59 Å². The zero-order chi connectivity index (χ0) is 19.1. The van der Waals surface area contributed by atoms with Crippen LogP contribution in [0, 0.1) is 0 Å². The molecule has 0 heterocycles. The van der Waals surface area contributed by atoms with E-state index in [1.54, 1.807) is 0 Å². The maximum Gasteiger partial charge on any atom is 0.340 e. The van der Waals surface area contributed by atoms with Crippen LogP contribution in [-0.4, -0.2) is 18.5 Å². The van der Waals surface area contributed by atoms with E-state index >= 15 is 0 Å². The summed E-state index contributed by atoms with van der Waals surface area (Å²) in [6.45, 7) is 12.6. The van der Waals surface area contributed by atoms with Crippen molar-refractivity contribution >= 4 is 11.9 Å². The summed E-state index contributed by atoms with van der Waals surface area (Å²) >= 11 is 0. The number of ether oxygens (including phenoxy) is 3. The molecule has 0 aliphatic heterocycles. The van der Waals surface area contributed by atoms with Crippen molar-refractivity contribution in [2.45, 2.75) is 72.1 Å². The van der Waals surface area contributed by atoms with Gasteiger partial charge < -0.3 is 14.2 Å². The lowest BCUT2D eigenvalue weighted by molar-refractivity contribution is -0.143. The quantitative estimate of drug-likeness (QED) is 0.186. The minimum absolute atomic E-state index is 0.148. The average molecular weight is 352 g/mol. The first-order valence-corrected chi connectivity index (χ1v) is 8.95. The first-order valence-electron chi connectivity index (χ1n) is 8.95. The molecular weight excluding hydrogens is 320 g/mol. The Bertz CT molecular complexity index is 476. The van der Waals surface area contributed by atoms with Gasteiger partial charge in [-0.15, -0.1) is 0 Å². The van der Waals surface area contributed by atoms with Gasteiger partial charge in [-0.05, 0) is 20.3 Å². The van der Waals surface area contributed by atoms with E-state index in [2.05, 4.69) is 20.1 Å². The van der Waals surface area contributed by atoms with Crippen LogP contribution < -0.4 is 0 Å². The van der Waals surface area contributed by atoms with Crippen molar-refractivity contribution in [1.29, 1.82) is 0 Å². The second-order valence-corrected chi connectivity index (χ2v) is 6.12. The molecule has 142 valence electrons. The van der Waals surface area contributed by atoms with Gasteiger partial charge in [-0.2, -0.15) is 0 Å². The van der Waals surface area contributed by atoms with Crippen LogP contribution in [0.5, 0.6) is 0 Å². The van der Waals surface area contributed by atoms with Gasteiger partial charge in [-0.1, -0.05) is 65.0 Å². The average Bonchev–Trinajstić information content (AvgIpc) is 2.57. The second-order valence-electron chi connectivity index (χ2n) is 6.12. The first kappa shape index (κ1) is 23.0. The van der Waals surface area contributed by atoms with Crippen molar-refractivity contribution in [2.24, 2.45) is 0 Å². The van der Waals surface area contributed by atoms with Crippen LogP contribution in [0.15, 0.2) is 36.5 Å². The SMILES string of the molecule is C=C(C)C(=O)O/C=C(\OCCCCCCCCCC)OC(=O)C(=C)C. The molecule has 0 atom stereocenters. The van der Waals surface area contributed by atoms with E-state index in [1.807, 2.05) is 0 Å². The van der Waals surface area contributed by atoms with Gasteiger partial charge in [0.2, 0.25) is 0 Å². The van der Waals surface area contributed by atoms with Crippen LogP contribution in [0.3, 0.4) is 0 Å². The lowest BCUT2D eigenvalue weighted by Gasteiger charge is -2.10. The largest absolute Gasteiger partial charge is 0.463 e. The molecule has 5 heteroatoms. The molecule has 0 aromatic carbocycles. The van der Waals surface area contributed by atoms with E-state index in [0.717, 1.165) is 25.5 Å². The normalized spacial score (nSPS) is 10.9. The van der Waals surface area contributed by atoms with Gasteiger partial charge >= 0.3 is 17.9 Å². The summed E-state index contributed by atoms with van der Waals surface area (Å²) in [6.07, 6.45) is 10.4. The van der Waals surface area contributed by atoms with Crippen LogP contribution in [0.4, 0.5) is 0 Å². The Morgan fingerprint density at radius 2 is 1.36 bits per heavy atom. The zero-order valence-corrected chi connectivity index (χ0v) is 15.9. The molecule has 0 radical (unpaired) electrons. The third kappa shape index (κ3) is 13.0. The first-order chi connectivity index (χ1) is 11.9. The predicted octanol–water partition coefficient (Wildman–Crippen LogP) is 5.18. The topological polar surface area (TPSA) is 61.8 Å². The Kier molecular flexibility index (Phi) is 13.1. The number of unbranched alkanes of at least 4 members (excludes halogenated alkanes) is 7. The van der Waals surface area contributed by atoms with Crippen LogP contribution in [-0.2, 0) is 23.8 Å². The fraction of sp³-hybridized carbons (Fsp3) is 0.600. The number of carbonyl (C=O) groups excluding carboxylic acids is 2. The Morgan fingerprint density at radius 1 is 0.840 bits per heavy atom. The van der Waals surface area contributed by atoms with E-state index in [1.165, 1.54) is 46.0 Å². The summed E-state index contributed by atoms with van der Waals surface area (Å²) in [6, 6.07) is 0. The molecule has 0 aliphatic carbocycles. The summed E-state index contributed by atoms with van der Waals surface area (Å²) in [5, 5.41) is 0. The highest BCUT2D eigenvalue weighted by Gasteiger charge is 2.11. The molecule has 0 N–H and O–H groups in total. The summed E-state index contributed by atoms with van der Waals surface area (Å²) in [4.78, 5) is 23.0. The lowest BCUT2D eigenvalue weighted by Crippen LogP contribution is -2.10.